The summed E-state index contributed by atoms with van der Waals surface area (Å²) in [6.07, 6.45) is 0. The molecule has 0 aliphatic heterocycles. The van der Waals surface area contributed by atoms with Gasteiger partial charge in [-0.3, -0.25) is 0 Å². The molecule has 0 unspecified atom stereocenters. The van der Waals surface area contributed by atoms with Crippen LogP contribution in [0.2, 0.25) is 5.02 Å². The molecule has 1 N–H and O–H groups in total. The Balaban J connectivity index is 2.22. The van der Waals surface area contributed by atoms with Gasteiger partial charge in [0.1, 0.15) is 11.5 Å². The first kappa shape index (κ1) is 12.4. The number of aliphatic hydroxyl groups excluding tert-OH is 1. The zero-order valence-corrected chi connectivity index (χ0v) is 11.2. The Kier molecular flexibility index (Phi) is 4.05. The van der Waals surface area contributed by atoms with Crippen molar-refractivity contribution in [2.45, 2.75) is 6.61 Å². The summed E-state index contributed by atoms with van der Waals surface area (Å²) in [5, 5.41) is 9.49. The molecular formula is C13H10BrClO2. The number of benzene rings is 2. The fourth-order valence-corrected chi connectivity index (χ4v) is 1.84. The summed E-state index contributed by atoms with van der Waals surface area (Å²) in [5.41, 5.74) is 0.845. The Labute approximate surface area is 113 Å². The van der Waals surface area contributed by atoms with Gasteiger partial charge in [0.05, 0.1) is 11.6 Å². The van der Waals surface area contributed by atoms with E-state index >= 15 is 0 Å². The molecule has 0 spiro atoms. The Bertz CT molecular complexity index is 511. The van der Waals surface area contributed by atoms with Gasteiger partial charge in [-0.2, -0.15) is 0 Å². The van der Waals surface area contributed by atoms with Crippen LogP contribution >= 0.6 is 27.5 Å². The normalized spacial score (nSPS) is 10.3. The van der Waals surface area contributed by atoms with Crippen LogP contribution in [0, 0.1) is 0 Å². The maximum atomic E-state index is 8.93. The highest BCUT2D eigenvalue weighted by molar-refractivity contribution is 9.10. The molecule has 88 valence electrons. The van der Waals surface area contributed by atoms with E-state index in [1.807, 2.05) is 12.1 Å². The molecule has 0 aliphatic rings. The highest BCUT2D eigenvalue weighted by Crippen LogP contribution is 2.31. The van der Waals surface area contributed by atoms with Crippen molar-refractivity contribution < 1.29 is 9.84 Å². The van der Waals surface area contributed by atoms with Crippen molar-refractivity contribution in [2.24, 2.45) is 0 Å². The molecule has 0 aromatic heterocycles. The molecule has 0 saturated carbocycles. The average Bonchev–Trinajstić information content (AvgIpc) is 2.35. The first-order chi connectivity index (χ1) is 8.19. The van der Waals surface area contributed by atoms with Gasteiger partial charge in [-0.15, -0.1) is 0 Å². The van der Waals surface area contributed by atoms with Crippen LogP contribution in [0.3, 0.4) is 0 Å². The molecule has 2 nitrogen and oxygen atoms in total. The number of hydrogen-bond donors (Lipinski definition) is 1. The quantitative estimate of drug-likeness (QED) is 0.911. The van der Waals surface area contributed by atoms with Crippen LogP contribution < -0.4 is 4.74 Å². The van der Waals surface area contributed by atoms with Crippen molar-refractivity contribution in [2.75, 3.05) is 0 Å². The summed E-state index contributed by atoms with van der Waals surface area (Å²) >= 11 is 9.38. The van der Waals surface area contributed by atoms with Crippen LogP contribution in [-0.2, 0) is 6.61 Å². The highest BCUT2D eigenvalue weighted by atomic mass is 79.9. The Hall–Kier alpha value is -1.03. The van der Waals surface area contributed by atoms with E-state index in [4.69, 9.17) is 21.4 Å². The molecule has 0 radical (unpaired) electrons. The molecule has 0 amide bonds. The van der Waals surface area contributed by atoms with Crippen LogP contribution in [0.15, 0.2) is 46.9 Å². The van der Waals surface area contributed by atoms with Gasteiger partial charge >= 0.3 is 0 Å². The lowest BCUT2D eigenvalue weighted by Crippen LogP contribution is -1.87. The molecule has 0 bridgehead atoms. The van der Waals surface area contributed by atoms with Gasteiger partial charge in [0.15, 0.2) is 0 Å². The minimum Gasteiger partial charge on any atom is -0.456 e. The van der Waals surface area contributed by atoms with Gasteiger partial charge < -0.3 is 9.84 Å². The molecule has 2 aromatic carbocycles. The van der Waals surface area contributed by atoms with E-state index in [1.54, 1.807) is 30.3 Å². The standard InChI is InChI=1S/C13H10BrClO2/c14-10-3-6-12(15)13(7-10)17-11-4-1-9(8-16)2-5-11/h1-7,16H,8H2. The van der Waals surface area contributed by atoms with Gasteiger partial charge in [-0.05, 0) is 35.9 Å². The summed E-state index contributed by atoms with van der Waals surface area (Å²) in [7, 11) is 0. The van der Waals surface area contributed by atoms with Crippen molar-refractivity contribution >= 4 is 27.5 Å². The van der Waals surface area contributed by atoms with E-state index in [-0.39, 0.29) is 6.61 Å². The Morgan fingerprint density at radius 1 is 1.12 bits per heavy atom. The maximum absolute atomic E-state index is 8.93. The summed E-state index contributed by atoms with van der Waals surface area (Å²) in [6.45, 7) is 0.0257. The van der Waals surface area contributed by atoms with E-state index in [1.165, 1.54) is 0 Å². The molecule has 0 aliphatic carbocycles. The van der Waals surface area contributed by atoms with E-state index in [9.17, 15) is 0 Å². The molecule has 0 heterocycles. The van der Waals surface area contributed by atoms with Crippen LogP contribution in [0.25, 0.3) is 0 Å². The molecule has 2 rings (SSSR count). The van der Waals surface area contributed by atoms with Crippen LogP contribution in [0.5, 0.6) is 11.5 Å². The average molecular weight is 314 g/mol. The number of ether oxygens (including phenoxy) is 1. The van der Waals surface area contributed by atoms with E-state index in [0.717, 1.165) is 10.0 Å². The number of aliphatic hydroxyl groups is 1. The second-order valence-corrected chi connectivity index (χ2v) is 4.80. The first-order valence-corrected chi connectivity index (χ1v) is 6.19. The summed E-state index contributed by atoms with van der Waals surface area (Å²) in [5.74, 6) is 1.28. The second-order valence-electron chi connectivity index (χ2n) is 3.48. The lowest BCUT2D eigenvalue weighted by molar-refractivity contribution is 0.281. The molecule has 4 heteroatoms. The Morgan fingerprint density at radius 3 is 2.47 bits per heavy atom. The predicted molar refractivity (Wildman–Crippen MR) is 71.6 cm³/mol. The van der Waals surface area contributed by atoms with Gasteiger partial charge in [0.25, 0.3) is 0 Å². The molecule has 0 fully saturated rings. The van der Waals surface area contributed by atoms with Gasteiger partial charge in [-0.1, -0.05) is 39.7 Å². The van der Waals surface area contributed by atoms with Gasteiger partial charge in [0, 0.05) is 4.47 Å². The molecule has 17 heavy (non-hydrogen) atoms. The monoisotopic (exact) mass is 312 g/mol. The number of rotatable bonds is 3. The second kappa shape index (κ2) is 5.54. The van der Waals surface area contributed by atoms with E-state index < -0.39 is 0 Å². The number of halogens is 2. The smallest absolute Gasteiger partial charge is 0.147 e. The van der Waals surface area contributed by atoms with Crippen molar-refractivity contribution in [1.29, 1.82) is 0 Å². The number of hydrogen-bond acceptors (Lipinski definition) is 2. The fraction of sp³-hybridized carbons (Fsp3) is 0.0769. The molecular weight excluding hydrogens is 303 g/mol. The van der Waals surface area contributed by atoms with E-state index in [0.29, 0.717) is 16.5 Å². The summed E-state index contributed by atoms with van der Waals surface area (Å²) in [6, 6.07) is 12.6. The minimum absolute atomic E-state index is 0.0257. The molecule has 2 aromatic rings. The third-order valence-electron chi connectivity index (χ3n) is 2.23. The van der Waals surface area contributed by atoms with Crippen molar-refractivity contribution in [3.63, 3.8) is 0 Å². The largest absolute Gasteiger partial charge is 0.456 e. The zero-order valence-electron chi connectivity index (χ0n) is 8.86. The van der Waals surface area contributed by atoms with Crippen molar-refractivity contribution in [1.82, 2.24) is 0 Å². The van der Waals surface area contributed by atoms with Gasteiger partial charge in [-0.25, -0.2) is 0 Å². The van der Waals surface area contributed by atoms with Crippen LogP contribution in [-0.4, -0.2) is 5.11 Å². The summed E-state index contributed by atoms with van der Waals surface area (Å²) in [4.78, 5) is 0. The Morgan fingerprint density at radius 2 is 1.82 bits per heavy atom. The van der Waals surface area contributed by atoms with Crippen molar-refractivity contribution in [3.05, 3.63) is 57.5 Å². The maximum Gasteiger partial charge on any atom is 0.147 e. The van der Waals surface area contributed by atoms with Gasteiger partial charge in [0.2, 0.25) is 0 Å². The molecule has 0 atom stereocenters. The van der Waals surface area contributed by atoms with E-state index in [2.05, 4.69) is 15.9 Å². The van der Waals surface area contributed by atoms with Crippen LogP contribution in [0.4, 0.5) is 0 Å². The SMILES string of the molecule is OCc1ccc(Oc2cc(Br)ccc2Cl)cc1. The topological polar surface area (TPSA) is 29.5 Å². The van der Waals surface area contributed by atoms with Crippen LogP contribution in [0.1, 0.15) is 5.56 Å². The first-order valence-electron chi connectivity index (χ1n) is 5.02. The zero-order chi connectivity index (χ0) is 12.3. The minimum atomic E-state index is 0.0257. The van der Waals surface area contributed by atoms with Crippen molar-refractivity contribution in [3.8, 4) is 11.5 Å². The predicted octanol–water partition coefficient (Wildman–Crippen LogP) is 4.39. The third kappa shape index (κ3) is 3.22. The fourth-order valence-electron chi connectivity index (χ4n) is 1.35. The highest BCUT2D eigenvalue weighted by Gasteiger charge is 2.04. The third-order valence-corrected chi connectivity index (χ3v) is 3.03. The lowest BCUT2D eigenvalue weighted by atomic mass is 10.2. The lowest BCUT2D eigenvalue weighted by Gasteiger charge is -2.08. The summed E-state index contributed by atoms with van der Waals surface area (Å²) < 4.78 is 6.55. The molecule has 0 saturated heterocycles.